The van der Waals surface area contributed by atoms with Gasteiger partial charge in [0.2, 0.25) is 0 Å². The third-order valence-corrected chi connectivity index (χ3v) is 2.83. The third-order valence-electron chi connectivity index (χ3n) is 2.53. The molecule has 1 unspecified atom stereocenters. The second kappa shape index (κ2) is 4.21. The minimum absolute atomic E-state index is 0.312. The van der Waals surface area contributed by atoms with Crippen LogP contribution in [0, 0.1) is 0 Å². The summed E-state index contributed by atoms with van der Waals surface area (Å²) in [5, 5.41) is 11.0. The molecule has 0 spiro atoms. The molecule has 2 aromatic heterocycles. The first kappa shape index (κ1) is 10.5. The van der Waals surface area contributed by atoms with Crippen LogP contribution in [0.3, 0.4) is 0 Å². The molecule has 0 aliphatic rings. The van der Waals surface area contributed by atoms with Crippen LogP contribution in [0.2, 0.25) is 5.15 Å². The number of aliphatic hydroxyl groups is 1. The van der Waals surface area contributed by atoms with Gasteiger partial charge in [0.15, 0.2) is 0 Å². The van der Waals surface area contributed by atoms with Crippen LogP contribution in [0.25, 0.3) is 10.9 Å². The molecule has 3 nitrogen and oxygen atoms in total. The molecule has 0 bridgehead atoms. The molecule has 0 fully saturated rings. The number of hydrogen-bond acceptors (Lipinski definition) is 2. The molecular formula is C11H13ClN2O. The third kappa shape index (κ3) is 1.98. The Bertz CT molecular complexity index is 467. The molecule has 0 saturated carbocycles. The molecule has 0 saturated heterocycles. The topological polar surface area (TPSA) is 38.0 Å². The molecule has 0 amide bonds. The Morgan fingerprint density at radius 1 is 1.53 bits per heavy atom. The summed E-state index contributed by atoms with van der Waals surface area (Å²) >= 11 is 5.95. The van der Waals surface area contributed by atoms with Crippen LogP contribution in [0.5, 0.6) is 0 Å². The minimum atomic E-state index is -0.312. The number of fused-ring (bicyclic) bond motifs is 1. The largest absolute Gasteiger partial charge is 0.391 e. The Kier molecular flexibility index (Phi) is 2.93. The summed E-state index contributed by atoms with van der Waals surface area (Å²) in [6.45, 7) is 2.56. The molecule has 0 aromatic carbocycles. The van der Waals surface area contributed by atoms with Gasteiger partial charge < -0.3 is 9.67 Å². The lowest BCUT2D eigenvalue weighted by Gasteiger charge is -2.10. The Morgan fingerprint density at radius 3 is 3.07 bits per heavy atom. The molecule has 2 aromatic rings. The van der Waals surface area contributed by atoms with E-state index in [9.17, 15) is 5.11 Å². The van der Waals surface area contributed by atoms with Gasteiger partial charge in [-0.25, -0.2) is 4.98 Å². The number of aromatic nitrogens is 2. The van der Waals surface area contributed by atoms with E-state index in [0.29, 0.717) is 11.7 Å². The number of rotatable bonds is 3. The van der Waals surface area contributed by atoms with Crippen molar-refractivity contribution in [2.24, 2.45) is 0 Å². The predicted molar refractivity (Wildman–Crippen MR) is 61.0 cm³/mol. The van der Waals surface area contributed by atoms with Gasteiger partial charge in [0.05, 0.1) is 11.6 Å². The predicted octanol–water partition coefficient (Wildman–Crippen LogP) is 2.46. The number of pyridine rings is 1. The Labute approximate surface area is 93.3 Å². The lowest BCUT2D eigenvalue weighted by atomic mass is 10.3. The van der Waals surface area contributed by atoms with Crippen LogP contribution in [0.15, 0.2) is 24.5 Å². The summed E-state index contributed by atoms with van der Waals surface area (Å²) in [5.74, 6) is 0. The van der Waals surface area contributed by atoms with Crippen molar-refractivity contribution in [3.63, 3.8) is 0 Å². The molecule has 1 N–H and O–H groups in total. The summed E-state index contributed by atoms with van der Waals surface area (Å²) in [4.78, 5) is 4.01. The first-order valence-electron chi connectivity index (χ1n) is 4.99. The van der Waals surface area contributed by atoms with Crippen molar-refractivity contribution in [3.05, 3.63) is 29.7 Å². The molecule has 0 aliphatic carbocycles. The molecule has 1 atom stereocenters. The maximum absolute atomic E-state index is 9.59. The lowest BCUT2D eigenvalue weighted by molar-refractivity contribution is 0.151. The molecular weight excluding hydrogens is 212 g/mol. The molecule has 2 heterocycles. The van der Waals surface area contributed by atoms with Crippen molar-refractivity contribution in [2.75, 3.05) is 0 Å². The molecule has 0 radical (unpaired) electrons. The van der Waals surface area contributed by atoms with E-state index in [4.69, 9.17) is 11.6 Å². The summed E-state index contributed by atoms with van der Waals surface area (Å²) in [7, 11) is 0. The second-order valence-corrected chi connectivity index (χ2v) is 3.92. The average molecular weight is 225 g/mol. The smallest absolute Gasteiger partial charge is 0.138 e. The second-order valence-electron chi connectivity index (χ2n) is 3.56. The lowest BCUT2D eigenvalue weighted by Crippen LogP contribution is -2.13. The van der Waals surface area contributed by atoms with Crippen LogP contribution in [-0.4, -0.2) is 20.8 Å². The molecule has 80 valence electrons. The van der Waals surface area contributed by atoms with Crippen molar-refractivity contribution >= 4 is 22.5 Å². The fourth-order valence-electron chi connectivity index (χ4n) is 1.60. The zero-order chi connectivity index (χ0) is 10.8. The number of aliphatic hydroxyl groups excluding tert-OH is 1. The van der Waals surface area contributed by atoms with Crippen molar-refractivity contribution in [1.29, 1.82) is 0 Å². The van der Waals surface area contributed by atoms with Crippen molar-refractivity contribution < 1.29 is 5.11 Å². The highest BCUT2D eigenvalue weighted by Gasteiger charge is 2.07. The van der Waals surface area contributed by atoms with Gasteiger partial charge in [0.25, 0.3) is 0 Å². The van der Waals surface area contributed by atoms with Crippen molar-refractivity contribution in [2.45, 2.75) is 26.0 Å². The summed E-state index contributed by atoms with van der Waals surface area (Å²) in [5.41, 5.74) is 1.02. The van der Waals surface area contributed by atoms with Gasteiger partial charge in [0, 0.05) is 24.3 Å². The molecule has 2 rings (SSSR count). The number of nitrogens with zero attached hydrogens (tertiary/aromatic N) is 2. The standard InChI is InChI=1S/C11H13ClN2O/c1-2-8(15)7-14-6-4-9-10(14)3-5-13-11(9)12/h3-6,8,15H,2,7H2,1H3. The van der Waals surface area contributed by atoms with Gasteiger partial charge in [-0.1, -0.05) is 18.5 Å². The fraction of sp³-hybridized carbons (Fsp3) is 0.364. The summed E-state index contributed by atoms with van der Waals surface area (Å²) in [6, 6.07) is 3.83. The van der Waals surface area contributed by atoms with E-state index < -0.39 is 0 Å². The van der Waals surface area contributed by atoms with E-state index in [-0.39, 0.29) is 6.10 Å². The van der Waals surface area contributed by atoms with Crippen molar-refractivity contribution in [3.8, 4) is 0 Å². The Morgan fingerprint density at radius 2 is 2.33 bits per heavy atom. The normalized spacial score (nSPS) is 13.3. The van der Waals surface area contributed by atoms with Gasteiger partial charge in [-0.15, -0.1) is 0 Å². The average Bonchev–Trinajstić information content (AvgIpc) is 2.63. The van der Waals surface area contributed by atoms with Gasteiger partial charge in [-0.3, -0.25) is 0 Å². The van der Waals surface area contributed by atoms with E-state index in [2.05, 4.69) is 4.98 Å². The van der Waals surface area contributed by atoms with Crippen LogP contribution in [0.4, 0.5) is 0 Å². The molecule has 0 aliphatic heterocycles. The monoisotopic (exact) mass is 224 g/mol. The molecule has 4 heteroatoms. The Hall–Kier alpha value is -1.06. The summed E-state index contributed by atoms with van der Waals surface area (Å²) in [6.07, 6.45) is 4.04. The van der Waals surface area contributed by atoms with Crippen LogP contribution in [0.1, 0.15) is 13.3 Å². The zero-order valence-corrected chi connectivity index (χ0v) is 9.28. The van der Waals surface area contributed by atoms with Gasteiger partial charge in [-0.2, -0.15) is 0 Å². The van der Waals surface area contributed by atoms with Crippen LogP contribution >= 0.6 is 11.6 Å². The highest BCUT2D eigenvalue weighted by Crippen LogP contribution is 2.22. The minimum Gasteiger partial charge on any atom is -0.391 e. The maximum atomic E-state index is 9.59. The van der Waals surface area contributed by atoms with Crippen LogP contribution < -0.4 is 0 Å². The SMILES string of the molecule is CCC(O)Cn1ccc2c(Cl)nccc21. The van der Waals surface area contributed by atoms with Crippen LogP contribution in [-0.2, 0) is 6.54 Å². The first-order chi connectivity index (χ1) is 7.22. The number of hydrogen-bond donors (Lipinski definition) is 1. The fourth-order valence-corrected chi connectivity index (χ4v) is 1.82. The summed E-state index contributed by atoms with van der Waals surface area (Å²) < 4.78 is 2.00. The molecule has 15 heavy (non-hydrogen) atoms. The highest BCUT2D eigenvalue weighted by atomic mass is 35.5. The Balaban J connectivity index is 2.41. The van der Waals surface area contributed by atoms with Gasteiger partial charge in [-0.05, 0) is 18.6 Å². The number of halogens is 1. The van der Waals surface area contributed by atoms with E-state index in [1.165, 1.54) is 0 Å². The maximum Gasteiger partial charge on any atom is 0.138 e. The van der Waals surface area contributed by atoms with Gasteiger partial charge >= 0.3 is 0 Å². The van der Waals surface area contributed by atoms with E-state index in [1.807, 2.05) is 29.8 Å². The zero-order valence-electron chi connectivity index (χ0n) is 8.52. The first-order valence-corrected chi connectivity index (χ1v) is 5.37. The van der Waals surface area contributed by atoms with E-state index in [1.54, 1.807) is 6.20 Å². The highest BCUT2D eigenvalue weighted by molar-refractivity contribution is 6.34. The van der Waals surface area contributed by atoms with Gasteiger partial charge in [0.1, 0.15) is 5.15 Å². The quantitative estimate of drug-likeness (QED) is 0.814. The van der Waals surface area contributed by atoms with E-state index in [0.717, 1.165) is 17.3 Å². The van der Waals surface area contributed by atoms with Crippen molar-refractivity contribution in [1.82, 2.24) is 9.55 Å². The van der Waals surface area contributed by atoms with E-state index >= 15 is 0 Å².